The Hall–Kier alpha value is -1.89. The van der Waals surface area contributed by atoms with E-state index in [1.807, 2.05) is 0 Å². The van der Waals surface area contributed by atoms with Crippen LogP contribution in [0.2, 0.25) is 0 Å². The third-order valence-corrected chi connectivity index (χ3v) is 2.34. The second kappa shape index (κ2) is 3.93. The Morgan fingerprint density at radius 2 is 2.31 bits per heavy atom. The highest BCUT2D eigenvalue weighted by molar-refractivity contribution is 5.97. The van der Waals surface area contributed by atoms with E-state index in [0.29, 0.717) is 18.9 Å². The monoisotopic (exact) mass is 224 g/mol. The molecule has 3 N–H and O–H groups in total. The van der Waals surface area contributed by atoms with Gasteiger partial charge in [-0.3, -0.25) is 14.3 Å². The maximum Gasteiger partial charge on any atom is 0.269 e. The molecule has 7 heteroatoms. The maximum atomic E-state index is 11.7. The van der Waals surface area contributed by atoms with Crippen LogP contribution >= 0.6 is 0 Å². The number of hydrogen-bond acceptors (Lipinski definition) is 4. The molecule has 0 bridgehead atoms. The van der Waals surface area contributed by atoms with Crippen molar-refractivity contribution in [2.75, 3.05) is 13.2 Å². The van der Waals surface area contributed by atoms with Crippen molar-refractivity contribution < 1.29 is 14.3 Å². The first kappa shape index (κ1) is 10.6. The van der Waals surface area contributed by atoms with E-state index in [-0.39, 0.29) is 17.6 Å². The topological polar surface area (TPSA) is 99.2 Å². The molecule has 0 saturated carbocycles. The molecule has 1 fully saturated rings. The van der Waals surface area contributed by atoms with Crippen LogP contribution in [-0.2, 0) is 11.8 Å². The normalized spacial score (nSPS) is 15.6. The Balaban J connectivity index is 2.12. The number of aryl methyl sites for hydroxylation is 1. The Morgan fingerprint density at radius 1 is 1.62 bits per heavy atom. The number of nitrogens with one attached hydrogen (secondary N) is 1. The number of primary amides is 1. The quantitative estimate of drug-likeness (QED) is 0.662. The molecular formula is C9H12N4O3. The van der Waals surface area contributed by atoms with Crippen molar-refractivity contribution in [2.45, 2.75) is 6.04 Å². The fourth-order valence-electron chi connectivity index (χ4n) is 1.38. The predicted molar refractivity (Wildman–Crippen MR) is 53.8 cm³/mol. The molecule has 0 radical (unpaired) electrons. The second-order valence-corrected chi connectivity index (χ2v) is 3.61. The van der Waals surface area contributed by atoms with E-state index >= 15 is 0 Å². The Bertz CT molecular complexity index is 436. The third kappa shape index (κ3) is 1.89. The molecule has 0 aromatic carbocycles. The van der Waals surface area contributed by atoms with Gasteiger partial charge in [-0.25, -0.2) is 0 Å². The van der Waals surface area contributed by atoms with Gasteiger partial charge in [-0.15, -0.1) is 0 Å². The maximum absolute atomic E-state index is 11.7. The first-order valence-electron chi connectivity index (χ1n) is 4.80. The summed E-state index contributed by atoms with van der Waals surface area (Å²) in [6.07, 6.45) is 0. The van der Waals surface area contributed by atoms with Crippen LogP contribution in [0.5, 0.6) is 0 Å². The van der Waals surface area contributed by atoms with Crippen LogP contribution in [0.3, 0.4) is 0 Å². The molecule has 86 valence electrons. The first-order valence-corrected chi connectivity index (χ1v) is 4.80. The van der Waals surface area contributed by atoms with E-state index in [0.717, 1.165) is 0 Å². The van der Waals surface area contributed by atoms with Gasteiger partial charge in [-0.05, 0) is 0 Å². The lowest BCUT2D eigenvalue weighted by Gasteiger charge is -2.26. The molecule has 0 aliphatic carbocycles. The molecule has 1 aromatic heterocycles. The Labute approximate surface area is 91.5 Å². The average Bonchev–Trinajstić information content (AvgIpc) is 2.54. The number of nitrogens with zero attached hydrogens (tertiary/aromatic N) is 2. The summed E-state index contributed by atoms with van der Waals surface area (Å²) in [7, 11) is 1.58. The number of aromatic nitrogens is 2. The zero-order chi connectivity index (χ0) is 11.7. The molecule has 0 atom stereocenters. The molecule has 1 aliphatic rings. The zero-order valence-corrected chi connectivity index (χ0v) is 8.77. The number of rotatable bonds is 3. The summed E-state index contributed by atoms with van der Waals surface area (Å²) in [6.45, 7) is 1.04. The van der Waals surface area contributed by atoms with E-state index in [2.05, 4.69) is 10.4 Å². The van der Waals surface area contributed by atoms with Gasteiger partial charge < -0.3 is 15.8 Å². The lowest BCUT2D eigenvalue weighted by atomic mass is 10.2. The van der Waals surface area contributed by atoms with E-state index in [1.165, 1.54) is 10.7 Å². The molecular weight excluding hydrogens is 212 g/mol. The van der Waals surface area contributed by atoms with Crippen LogP contribution in [-0.4, -0.2) is 40.9 Å². The van der Waals surface area contributed by atoms with E-state index < -0.39 is 5.91 Å². The highest BCUT2D eigenvalue weighted by atomic mass is 16.5. The second-order valence-electron chi connectivity index (χ2n) is 3.61. The summed E-state index contributed by atoms with van der Waals surface area (Å²) in [4.78, 5) is 22.6. The number of carbonyl (C=O) groups is 2. The Kier molecular flexibility index (Phi) is 2.61. The van der Waals surface area contributed by atoms with Crippen LogP contribution in [0.15, 0.2) is 6.07 Å². The van der Waals surface area contributed by atoms with Gasteiger partial charge in [0, 0.05) is 13.1 Å². The lowest BCUT2D eigenvalue weighted by Crippen LogP contribution is -2.48. The van der Waals surface area contributed by atoms with Crippen LogP contribution < -0.4 is 11.1 Å². The van der Waals surface area contributed by atoms with Gasteiger partial charge in [-0.1, -0.05) is 0 Å². The van der Waals surface area contributed by atoms with Crippen LogP contribution in [0, 0.1) is 0 Å². The molecule has 7 nitrogen and oxygen atoms in total. The van der Waals surface area contributed by atoms with Gasteiger partial charge in [0.25, 0.3) is 11.8 Å². The highest BCUT2D eigenvalue weighted by Crippen LogP contribution is 2.05. The van der Waals surface area contributed by atoms with Crippen molar-refractivity contribution in [3.63, 3.8) is 0 Å². The summed E-state index contributed by atoms with van der Waals surface area (Å²) in [5.74, 6) is -0.933. The minimum Gasteiger partial charge on any atom is -0.377 e. The summed E-state index contributed by atoms with van der Waals surface area (Å²) in [5.41, 5.74) is 5.46. The summed E-state index contributed by atoms with van der Waals surface area (Å²) < 4.78 is 6.26. The van der Waals surface area contributed by atoms with Gasteiger partial charge in [0.15, 0.2) is 5.69 Å². The SMILES string of the molecule is Cn1nc(C(N)=O)cc1C(=O)NC1COC1. The number of amides is 2. The van der Waals surface area contributed by atoms with Gasteiger partial charge in [0.1, 0.15) is 5.69 Å². The first-order chi connectivity index (χ1) is 7.58. The molecule has 1 saturated heterocycles. The van der Waals surface area contributed by atoms with E-state index in [9.17, 15) is 9.59 Å². The van der Waals surface area contributed by atoms with Crippen molar-refractivity contribution in [1.29, 1.82) is 0 Å². The predicted octanol–water partition coefficient (Wildman–Crippen LogP) is -1.35. The van der Waals surface area contributed by atoms with Crippen molar-refractivity contribution in [2.24, 2.45) is 12.8 Å². The number of carbonyl (C=O) groups excluding carboxylic acids is 2. The summed E-state index contributed by atoms with van der Waals surface area (Å²) >= 11 is 0. The lowest BCUT2D eigenvalue weighted by molar-refractivity contribution is -0.00362. The molecule has 1 aromatic rings. The fraction of sp³-hybridized carbons (Fsp3) is 0.444. The van der Waals surface area contributed by atoms with Gasteiger partial charge >= 0.3 is 0 Å². The molecule has 2 rings (SSSR count). The van der Waals surface area contributed by atoms with Crippen molar-refractivity contribution >= 4 is 11.8 Å². The standard InChI is InChI=1S/C9H12N4O3/c1-13-7(2-6(12-13)8(10)14)9(15)11-5-3-16-4-5/h2,5H,3-4H2,1H3,(H2,10,14)(H,11,15). The smallest absolute Gasteiger partial charge is 0.269 e. The third-order valence-electron chi connectivity index (χ3n) is 2.34. The average molecular weight is 224 g/mol. The van der Waals surface area contributed by atoms with Crippen LogP contribution in [0.25, 0.3) is 0 Å². The zero-order valence-electron chi connectivity index (χ0n) is 8.77. The van der Waals surface area contributed by atoms with E-state index in [4.69, 9.17) is 10.5 Å². The van der Waals surface area contributed by atoms with Crippen molar-refractivity contribution in [3.05, 3.63) is 17.5 Å². The highest BCUT2D eigenvalue weighted by Gasteiger charge is 2.23. The van der Waals surface area contributed by atoms with E-state index in [1.54, 1.807) is 7.05 Å². The van der Waals surface area contributed by atoms with Gasteiger partial charge in [-0.2, -0.15) is 5.10 Å². The minimum absolute atomic E-state index is 0.0411. The summed E-state index contributed by atoms with van der Waals surface area (Å²) in [6, 6.07) is 1.41. The van der Waals surface area contributed by atoms with Crippen LogP contribution in [0.1, 0.15) is 21.0 Å². The number of ether oxygens (including phenoxy) is 1. The van der Waals surface area contributed by atoms with Crippen molar-refractivity contribution in [1.82, 2.24) is 15.1 Å². The van der Waals surface area contributed by atoms with Gasteiger partial charge in [0.2, 0.25) is 0 Å². The molecule has 16 heavy (non-hydrogen) atoms. The van der Waals surface area contributed by atoms with Crippen LogP contribution in [0.4, 0.5) is 0 Å². The molecule has 0 spiro atoms. The molecule has 2 heterocycles. The minimum atomic E-state index is -0.651. The van der Waals surface area contributed by atoms with Gasteiger partial charge in [0.05, 0.1) is 19.3 Å². The largest absolute Gasteiger partial charge is 0.377 e. The molecule has 1 aliphatic heterocycles. The number of nitrogens with two attached hydrogens (primary N) is 1. The molecule has 0 unspecified atom stereocenters. The fourth-order valence-corrected chi connectivity index (χ4v) is 1.38. The van der Waals surface area contributed by atoms with Crippen molar-refractivity contribution in [3.8, 4) is 0 Å². The number of hydrogen-bond donors (Lipinski definition) is 2. The molecule has 2 amide bonds. The Morgan fingerprint density at radius 3 is 2.75 bits per heavy atom. The summed E-state index contributed by atoms with van der Waals surface area (Å²) in [5, 5.41) is 6.58.